The topological polar surface area (TPSA) is 12.0 Å². The third-order valence-corrected chi connectivity index (χ3v) is 4.74. The van der Waals surface area contributed by atoms with Crippen molar-refractivity contribution in [2.45, 2.75) is 30.0 Å². The number of hydrogen-bond acceptors (Lipinski definition) is 2. The van der Waals surface area contributed by atoms with Gasteiger partial charge < -0.3 is 5.32 Å². The maximum atomic E-state index is 6.05. The second-order valence-electron chi connectivity index (χ2n) is 4.96. The van der Waals surface area contributed by atoms with Crippen LogP contribution in [0, 0.1) is 6.92 Å². The van der Waals surface area contributed by atoms with E-state index in [-0.39, 0.29) is 0 Å². The second kappa shape index (κ2) is 7.16. The molecule has 0 fully saturated rings. The molecule has 2 unspecified atom stereocenters. The molecule has 2 rings (SSSR count). The first kappa shape index (κ1) is 15.4. The van der Waals surface area contributed by atoms with Crippen molar-refractivity contribution < 1.29 is 0 Å². The van der Waals surface area contributed by atoms with Crippen molar-refractivity contribution in [3.05, 3.63) is 64.7 Å². The number of hydrogen-bond donors (Lipinski definition) is 1. The van der Waals surface area contributed by atoms with Crippen molar-refractivity contribution in [1.29, 1.82) is 0 Å². The minimum atomic E-state index is 0.319. The van der Waals surface area contributed by atoms with Gasteiger partial charge in [-0.25, -0.2) is 0 Å². The Hall–Kier alpha value is -0.960. The highest BCUT2D eigenvalue weighted by atomic mass is 35.5. The van der Waals surface area contributed by atoms with E-state index >= 15 is 0 Å². The van der Waals surface area contributed by atoms with Gasteiger partial charge in [-0.2, -0.15) is 0 Å². The lowest BCUT2D eigenvalue weighted by Gasteiger charge is -2.24. The van der Waals surface area contributed by atoms with Crippen LogP contribution in [0.1, 0.15) is 24.1 Å². The molecule has 0 saturated heterocycles. The molecule has 2 aromatic rings. The van der Waals surface area contributed by atoms with Gasteiger partial charge in [0, 0.05) is 21.2 Å². The van der Waals surface area contributed by atoms with E-state index in [0.29, 0.717) is 11.3 Å². The van der Waals surface area contributed by atoms with Crippen LogP contribution in [0.2, 0.25) is 5.02 Å². The average Bonchev–Trinajstić information content (AvgIpc) is 2.42. The Kier molecular flexibility index (Phi) is 5.53. The zero-order valence-corrected chi connectivity index (χ0v) is 13.6. The van der Waals surface area contributed by atoms with Gasteiger partial charge in [0.1, 0.15) is 0 Å². The minimum absolute atomic E-state index is 0.319. The zero-order valence-electron chi connectivity index (χ0n) is 12.1. The number of thioether (sulfide) groups is 1. The number of halogens is 1. The van der Waals surface area contributed by atoms with Gasteiger partial charge in [-0.05, 0) is 37.7 Å². The summed E-state index contributed by atoms with van der Waals surface area (Å²) in [6.45, 7) is 4.36. The Morgan fingerprint density at radius 2 is 1.80 bits per heavy atom. The Morgan fingerprint density at radius 3 is 2.40 bits per heavy atom. The molecule has 106 valence electrons. The van der Waals surface area contributed by atoms with Crippen molar-refractivity contribution in [1.82, 2.24) is 5.32 Å². The van der Waals surface area contributed by atoms with E-state index in [2.05, 4.69) is 49.5 Å². The SMILES string of the molecule is CNC(c1ccc(C)cc1)C(C)Sc1cccc(Cl)c1. The summed E-state index contributed by atoms with van der Waals surface area (Å²) in [4.78, 5) is 1.21. The maximum Gasteiger partial charge on any atom is 0.0438 e. The van der Waals surface area contributed by atoms with Crippen LogP contribution in [0.15, 0.2) is 53.4 Å². The Labute approximate surface area is 130 Å². The van der Waals surface area contributed by atoms with Crippen LogP contribution in [-0.2, 0) is 0 Å². The first-order chi connectivity index (χ1) is 9.60. The molecule has 0 heterocycles. The van der Waals surface area contributed by atoms with Gasteiger partial charge in [0.05, 0.1) is 0 Å². The Bertz CT molecular complexity index is 553. The van der Waals surface area contributed by atoms with Crippen molar-refractivity contribution in [2.75, 3.05) is 7.05 Å². The molecule has 1 nitrogen and oxygen atoms in total. The van der Waals surface area contributed by atoms with Crippen molar-refractivity contribution >= 4 is 23.4 Å². The summed E-state index contributed by atoms with van der Waals surface area (Å²) in [5.41, 5.74) is 2.61. The van der Waals surface area contributed by atoms with E-state index in [0.717, 1.165) is 5.02 Å². The first-order valence-corrected chi connectivity index (χ1v) is 8.02. The van der Waals surface area contributed by atoms with Crippen LogP contribution in [0.3, 0.4) is 0 Å². The van der Waals surface area contributed by atoms with Gasteiger partial charge in [0.25, 0.3) is 0 Å². The van der Waals surface area contributed by atoms with Crippen molar-refractivity contribution in [2.24, 2.45) is 0 Å². The van der Waals surface area contributed by atoms with E-state index in [1.807, 2.05) is 37.0 Å². The lowest BCUT2D eigenvalue weighted by Crippen LogP contribution is -2.25. The predicted octanol–water partition coefficient (Wildman–Crippen LogP) is 5.09. The van der Waals surface area contributed by atoms with Crippen LogP contribution < -0.4 is 5.32 Å². The molecule has 0 aromatic heterocycles. The van der Waals surface area contributed by atoms with Crippen molar-refractivity contribution in [3.8, 4) is 0 Å². The molecule has 0 aliphatic heterocycles. The summed E-state index contributed by atoms with van der Waals surface area (Å²) in [5, 5.41) is 4.63. The molecular weight excluding hydrogens is 286 g/mol. The van der Waals surface area contributed by atoms with E-state index in [1.54, 1.807) is 0 Å². The molecule has 0 aliphatic carbocycles. The molecule has 0 aliphatic rings. The van der Waals surface area contributed by atoms with Gasteiger partial charge in [0.2, 0.25) is 0 Å². The average molecular weight is 306 g/mol. The fourth-order valence-electron chi connectivity index (χ4n) is 2.27. The summed E-state index contributed by atoms with van der Waals surface area (Å²) in [6.07, 6.45) is 0. The van der Waals surface area contributed by atoms with Crippen LogP contribution in [0.4, 0.5) is 0 Å². The van der Waals surface area contributed by atoms with E-state index < -0.39 is 0 Å². The number of nitrogens with one attached hydrogen (secondary N) is 1. The molecule has 2 aromatic carbocycles. The van der Waals surface area contributed by atoms with Crippen LogP contribution in [-0.4, -0.2) is 12.3 Å². The summed E-state index contributed by atoms with van der Waals surface area (Å²) < 4.78 is 0. The molecule has 0 amide bonds. The summed E-state index contributed by atoms with van der Waals surface area (Å²) in [5.74, 6) is 0. The van der Waals surface area contributed by atoms with E-state index in [1.165, 1.54) is 16.0 Å². The molecule has 20 heavy (non-hydrogen) atoms. The molecule has 0 radical (unpaired) electrons. The summed E-state index contributed by atoms with van der Waals surface area (Å²) in [6, 6.07) is 17.1. The second-order valence-corrected chi connectivity index (χ2v) is 6.84. The van der Waals surface area contributed by atoms with Crippen LogP contribution >= 0.6 is 23.4 Å². The highest BCUT2D eigenvalue weighted by molar-refractivity contribution is 8.00. The van der Waals surface area contributed by atoms with Gasteiger partial charge in [-0.15, -0.1) is 11.8 Å². The molecule has 0 saturated carbocycles. The predicted molar refractivity (Wildman–Crippen MR) is 89.8 cm³/mol. The number of benzene rings is 2. The molecule has 3 heteroatoms. The third kappa shape index (κ3) is 4.02. The highest BCUT2D eigenvalue weighted by Crippen LogP contribution is 2.32. The van der Waals surface area contributed by atoms with Crippen LogP contribution in [0.5, 0.6) is 0 Å². The summed E-state index contributed by atoms with van der Waals surface area (Å²) >= 11 is 7.89. The molecular formula is C17H20ClNS. The number of aryl methyl sites for hydroxylation is 1. The fraction of sp³-hybridized carbons (Fsp3) is 0.294. The largest absolute Gasteiger partial charge is 0.312 e. The lowest BCUT2D eigenvalue weighted by molar-refractivity contribution is 0.589. The van der Waals surface area contributed by atoms with Crippen LogP contribution in [0.25, 0.3) is 0 Å². The minimum Gasteiger partial charge on any atom is -0.312 e. The summed E-state index contributed by atoms with van der Waals surface area (Å²) in [7, 11) is 2.01. The monoisotopic (exact) mass is 305 g/mol. The quantitative estimate of drug-likeness (QED) is 0.772. The zero-order chi connectivity index (χ0) is 14.5. The van der Waals surface area contributed by atoms with E-state index in [9.17, 15) is 0 Å². The molecule has 0 spiro atoms. The lowest BCUT2D eigenvalue weighted by atomic mass is 10.0. The normalized spacial score (nSPS) is 14.0. The van der Waals surface area contributed by atoms with Gasteiger partial charge >= 0.3 is 0 Å². The van der Waals surface area contributed by atoms with Gasteiger partial charge in [-0.3, -0.25) is 0 Å². The number of rotatable bonds is 5. The first-order valence-electron chi connectivity index (χ1n) is 6.76. The van der Waals surface area contributed by atoms with Crippen molar-refractivity contribution in [3.63, 3.8) is 0 Å². The highest BCUT2D eigenvalue weighted by Gasteiger charge is 2.18. The van der Waals surface area contributed by atoms with E-state index in [4.69, 9.17) is 11.6 Å². The molecule has 0 bridgehead atoms. The standard InChI is InChI=1S/C17H20ClNS/c1-12-7-9-14(10-8-12)17(19-3)13(2)20-16-6-4-5-15(18)11-16/h4-11,13,17,19H,1-3H3. The molecule has 2 atom stereocenters. The third-order valence-electron chi connectivity index (χ3n) is 3.33. The molecule has 1 N–H and O–H groups in total. The Balaban J connectivity index is 2.13. The Morgan fingerprint density at radius 1 is 1.10 bits per heavy atom. The maximum absolute atomic E-state index is 6.05. The smallest absolute Gasteiger partial charge is 0.0438 e. The fourth-order valence-corrected chi connectivity index (χ4v) is 3.73. The van der Waals surface area contributed by atoms with Gasteiger partial charge in [0.15, 0.2) is 0 Å². The van der Waals surface area contributed by atoms with Gasteiger partial charge in [-0.1, -0.05) is 54.4 Å².